The molecule has 0 saturated heterocycles. The third-order valence-corrected chi connectivity index (χ3v) is 7.30. The number of thioether (sulfide) groups is 1. The summed E-state index contributed by atoms with van der Waals surface area (Å²) in [4.78, 5) is 27.7. The maximum Gasteiger partial charge on any atom is 0.233 e. The summed E-state index contributed by atoms with van der Waals surface area (Å²) in [6.45, 7) is 2.76. The maximum atomic E-state index is 13.1. The van der Waals surface area contributed by atoms with Gasteiger partial charge in [-0.3, -0.25) is 9.59 Å². The number of hydrogen-bond acceptors (Lipinski definition) is 7. The van der Waals surface area contributed by atoms with E-state index in [1.807, 2.05) is 25.1 Å². The number of nitrogens with zero attached hydrogens (tertiary/aromatic N) is 3. The molecule has 1 unspecified atom stereocenters. The van der Waals surface area contributed by atoms with Crippen LogP contribution in [0.3, 0.4) is 0 Å². The summed E-state index contributed by atoms with van der Waals surface area (Å²) in [6, 6.07) is 7.33. The number of likely N-dealkylation sites (N-methyl/N-ethyl adjacent to an activating group) is 1. The zero-order chi connectivity index (χ0) is 20.1. The quantitative estimate of drug-likeness (QED) is 0.652. The van der Waals surface area contributed by atoms with Crippen LogP contribution in [0, 0.1) is 0 Å². The molecule has 1 atom stereocenters. The van der Waals surface area contributed by atoms with Crippen molar-refractivity contribution >= 4 is 51.5 Å². The Labute approximate surface area is 178 Å². The summed E-state index contributed by atoms with van der Waals surface area (Å²) in [5.41, 5.74) is -0.280. The number of anilines is 1. The van der Waals surface area contributed by atoms with Gasteiger partial charge in [0.2, 0.25) is 11.0 Å². The molecule has 1 saturated carbocycles. The Morgan fingerprint density at radius 3 is 2.86 bits per heavy atom. The molecule has 0 radical (unpaired) electrons. The smallest absolute Gasteiger partial charge is 0.233 e. The second kappa shape index (κ2) is 9.24. The third-order valence-electron chi connectivity index (χ3n) is 4.97. The predicted octanol–water partition coefficient (Wildman–Crippen LogP) is 4.21. The number of aromatic nitrogens is 2. The van der Waals surface area contributed by atoms with E-state index in [2.05, 4.69) is 15.5 Å². The van der Waals surface area contributed by atoms with Gasteiger partial charge in [0.1, 0.15) is 5.54 Å². The van der Waals surface area contributed by atoms with Crippen LogP contribution >= 0.6 is 34.7 Å². The van der Waals surface area contributed by atoms with E-state index in [-0.39, 0.29) is 17.4 Å². The van der Waals surface area contributed by atoms with Gasteiger partial charge in [0, 0.05) is 30.6 Å². The van der Waals surface area contributed by atoms with Crippen LogP contribution in [-0.2, 0) is 15.1 Å². The number of halogens is 1. The van der Waals surface area contributed by atoms with Gasteiger partial charge in [-0.1, -0.05) is 52.9 Å². The number of hydrogen-bond donors (Lipinski definition) is 1. The highest BCUT2D eigenvalue weighted by Crippen LogP contribution is 2.42. The van der Waals surface area contributed by atoms with Crippen LogP contribution in [0.5, 0.6) is 0 Å². The van der Waals surface area contributed by atoms with Gasteiger partial charge in [0.15, 0.2) is 10.1 Å². The third kappa shape index (κ3) is 4.18. The first-order chi connectivity index (χ1) is 13.5. The molecule has 1 fully saturated rings. The van der Waals surface area contributed by atoms with Crippen molar-refractivity contribution in [3.05, 3.63) is 34.9 Å². The molecule has 1 aromatic carbocycles. The Morgan fingerprint density at radius 2 is 2.14 bits per heavy atom. The average Bonchev–Trinajstić information content (AvgIpc) is 3.14. The standard InChI is InChI=1S/C19H23ClN4O2S2/c1-3-21-17-22-23-18(28-17)27-12-16(26)24(2)19(11-7-6-10-15(19)25)13-8-4-5-9-14(13)20/h4-5,8-9H,3,6-7,10-12H2,1-2H3,(H,21,22). The highest BCUT2D eigenvalue weighted by molar-refractivity contribution is 8.01. The fourth-order valence-electron chi connectivity index (χ4n) is 3.55. The molecular formula is C19H23ClN4O2S2. The molecule has 9 heteroatoms. The van der Waals surface area contributed by atoms with Crippen molar-refractivity contribution in [1.29, 1.82) is 0 Å². The molecule has 0 aliphatic heterocycles. The number of carbonyl (C=O) groups excluding carboxylic acids is 2. The lowest BCUT2D eigenvalue weighted by Gasteiger charge is -2.44. The summed E-state index contributed by atoms with van der Waals surface area (Å²) < 4.78 is 0.722. The molecule has 28 heavy (non-hydrogen) atoms. The second-order valence-electron chi connectivity index (χ2n) is 6.62. The van der Waals surface area contributed by atoms with E-state index in [1.54, 1.807) is 18.0 Å². The summed E-state index contributed by atoms with van der Waals surface area (Å²) in [5, 5.41) is 12.5. The van der Waals surface area contributed by atoms with Crippen LogP contribution in [0.4, 0.5) is 5.13 Å². The van der Waals surface area contributed by atoms with Crippen molar-refractivity contribution in [2.75, 3.05) is 24.7 Å². The summed E-state index contributed by atoms with van der Waals surface area (Å²) in [6.07, 6.45) is 2.77. The maximum absolute atomic E-state index is 13.1. The van der Waals surface area contributed by atoms with Crippen molar-refractivity contribution in [1.82, 2.24) is 15.1 Å². The molecule has 3 rings (SSSR count). The van der Waals surface area contributed by atoms with E-state index < -0.39 is 5.54 Å². The van der Waals surface area contributed by atoms with E-state index in [0.717, 1.165) is 28.9 Å². The fraction of sp³-hybridized carbons (Fsp3) is 0.474. The van der Waals surface area contributed by atoms with Crippen LogP contribution < -0.4 is 5.32 Å². The molecule has 1 aliphatic carbocycles. The molecule has 1 amide bonds. The monoisotopic (exact) mass is 438 g/mol. The van der Waals surface area contributed by atoms with Gasteiger partial charge < -0.3 is 10.2 Å². The van der Waals surface area contributed by atoms with Gasteiger partial charge in [-0.25, -0.2) is 0 Å². The van der Waals surface area contributed by atoms with Crippen molar-refractivity contribution in [3.8, 4) is 0 Å². The largest absolute Gasteiger partial charge is 0.360 e. The zero-order valence-corrected chi connectivity index (χ0v) is 18.3. The Balaban J connectivity index is 1.81. The van der Waals surface area contributed by atoms with E-state index in [0.29, 0.717) is 23.4 Å². The van der Waals surface area contributed by atoms with Crippen LogP contribution in [0.1, 0.15) is 38.2 Å². The lowest BCUT2D eigenvalue weighted by Crippen LogP contribution is -2.54. The lowest BCUT2D eigenvalue weighted by atomic mass is 9.74. The number of benzene rings is 1. The summed E-state index contributed by atoms with van der Waals surface area (Å²) >= 11 is 9.20. The van der Waals surface area contributed by atoms with E-state index in [9.17, 15) is 9.59 Å². The molecule has 6 nitrogen and oxygen atoms in total. The Hall–Kier alpha value is -1.64. The minimum Gasteiger partial charge on any atom is -0.360 e. The van der Waals surface area contributed by atoms with E-state index in [1.165, 1.54) is 23.1 Å². The Kier molecular flexibility index (Phi) is 6.95. The minimum atomic E-state index is -0.996. The number of ketones is 1. The normalized spacial score (nSPS) is 19.5. The SMILES string of the molecule is CCNc1nnc(SCC(=O)N(C)C2(c3ccccc3Cl)CCCCC2=O)s1. The van der Waals surface area contributed by atoms with Crippen LogP contribution in [0.25, 0.3) is 0 Å². The number of amides is 1. The van der Waals surface area contributed by atoms with Gasteiger partial charge in [-0.15, -0.1) is 10.2 Å². The number of rotatable bonds is 7. The fourth-order valence-corrected chi connectivity index (χ4v) is 5.58. The van der Waals surface area contributed by atoms with E-state index in [4.69, 9.17) is 11.6 Å². The molecular weight excluding hydrogens is 416 g/mol. The highest BCUT2D eigenvalue weighted by Gasteiger charge is 2.47. The topological polar surface area (TPSA) is 75.2 Å². The molecule has 1 N–H and O–H groups in total. The van der Waals surface area contributed by atoms with Gasteiger partial charge in [-0.05, 0) is 32.3 Å². The Morgan fingerprint density at radius 1 is 1.36 bits per heavy atom. The van der Waals surface area contributed by atoms with Gasteiger partial charge >= 0.3 is 0 Å². The molecule has 1 aliphatic rings. The van der Waals surface area contributed by atoms with Gasteiger partial charge in [-0.2, -0.15) is 0 Å². The molecule has 0 bridgehead atoms. The van der Waals surface area contributed by atoms with Crippen molar-refractivity contribution in [2.45, 2.75) is 42.5 Å². The molecule has 0 spiro atoms. The average molecular weight is 439 g/mol. The highest BCUT2D eigenvalue weighted by atomic mass is 35.5. The molecule has 2 aromatic rings. The minimum absolute atomic E-state index is 0.0537. The first kappa shape index (κ1) is 21.1. The zero-order valence-electron chi connectivity index (χ0n) is 15.9. The molecule has 150 valence electrons. The lowest BCUT2D eigenvalue weighted by molar-refractivity contribution is -0.146. The predicted molar refractivity (Wildman–Crippen MR) is 114 cm³/mol. The first-order valence-corrected chi connectivity index (χ1v) is 11.4. The first-order valence-electron chi connectivity index (χ1n) is 9.24. The van der Waals surface area contributed by atoms with Gasteiger partial charge in [0.05, 0.1) is 5.75 Å². The molecule has 1 heterocycles. The van der Waals surface area contributed by atoms with Crippen LogP contribution in [0.15, 0.2) is 28.6 Å². The second-order valence-corrected chi connectivity index (χ2v) is 9.22. The van der Waals surface area contributed by atoms with Crippen molar-refractivity contribution < 1.29 is 9.59 Å². The van der Waals surface area contributed by atoms with E-state index >= 15 is 0 Å². The summed E-state index contributed by atoms with van der Waals surface area (Å²) in [7, 11) is 1.71. The molecule has 1 aromatic heterocycles. The Bertz CT molecular complexity index is 860. The summed E-state index contributed by atoms with van der Waals surface area (Å²) in [5.74, 6) is 0.120. The number of Topliss-reactive ketones (excluding diaryl/α,β-unsaturated/α-hetero) is 1. The van der Waals surface area contributed by atoms with Crippen molar-refractivity contribution in [2.24, 2.45) is 0 Å². The van der Waals surface area contributed by atoms with Crippen molar-refractivity contribution in [3.63, 3.8) is 0 Å². The van der Waals surface area contributed by atoms with Gasteiger partial charge in [0.25, 0.3) is 0 Å². The van der Waals surface area contributed by atoms with Crippen LogP contribution in [-0.4, -0.2) is 46.1 Å². The number of carbonyl (C=O) groups is 2. The number of nitrogens with one attached hydrogen (secondary N) is 1. The van der Waals surface area contributed by atoms with Crippen LogP contribution in [0.2, 0.25) is 5.02 Å².